The lowest BCUT2D eigenvalue weighted by Crippen LogP contribution is -2.29. The van der Waals surface area contributed by atoms with Gasteiger partial charge >= 0.3 is 0 Å². The first-order valence-corrected chi connectivity index (χ1v) is 5.12. The number of carbonyl (C=O) groups is 1. The standard InChI is InChI=1S/C12H16O2/c1-8-6-10(13)9-4-5-12(2,3)14-11(9)7-8/h4-5,8H,6-7H2,1-3H3. The number of allylic oxidation sites excluding steroid dienone is 3. The molecule has 0 aromatic heterocycles. The summed E-state index contributed by atoms with van der Waals surface area (Å²) in [6.45, 7) is 6.12. The number of hydrogen-bond donors (Lipinski definition) is 0. The molecular weight excluding hydrogens is 176 g/mol. The van der Waals surface area contributed by atoms with Gasteiger partial charge in [0, 0.05) is 12.8 Å². The van der Waals surface area contributed by atoms with Crippen molar-refractivity contribution < 1.29 is 9.53 Å². The summed E-state index contributed by atoms with van der Waals surface area (Å²) in [5.74, 6) is 1.54. The minimum atomic E-state index is -0.254. The highest BCUT2D eigenvalue weighted by Gasteiger charge is 2.31. The lowest BCUT2D eigenvalue weighted by molar-refractivity contribution is -0.117. The molecule has 0 aromatic rings. The SMILES string of the molecule is CC1CC(=O)C2=C(C1)OC(C)(C)C=C2. The molecule has 0 fully saturated rings. The van der Waals surface area contributed by atoms with E-state index in [-0.39, 0.29) is 11.4 Å². The molecule has 2 rings (SSSR count). The molecule has 1 unspecified atom stereocenters. The summed E-state index contributed by atoms with van der Waals surface area (Å²) < 4.78 is 5.79. The molecule has 2 nitrogen and oxygen atoms in total. The predicted molar refractivity (Wildman–Crippen MR) is 54.7 cm³/mol. The van der Waals surface area contributed by atoms with Crippen LogP contribution in [0.15, 0.2) is 23.5 Å². The van der Waals surface area contributed by atoms with E-state index < -0.39 is 0 Å². The van der Waals surface area contributed by atoms with E-state index in [4.69, 9.17) is 4.74 Å². The molecule has 0 saturated heterocycles. The van der Waals surface area contributed by atoms with E-state index >= 15 is 0 Å². The maximum atomic E-state index is 11.7. The summed E-state index contributed by atoms with van der Waals surface area (Å²) >= 11 is 0. The average molecular weight is 192 g/mol. The summed E-state index contributed by atoms with van der Waals surface area (Å²) in [7, 11) is 0. The predicted octanol–water partition coefficient (Wildman–Crippen LogP) is 2.60. The van der Waals surface area contributed by atoms with Crippen LogP contribution in [0.4, 0.5) is 0 Å². The van der Waals surface area contributed by atoms with Gasteiger partial charge in [0.1, 0.15) is 11.4 Å². The first-order valence-electron chi connectivity index (χ1n) is 5.12. The molecule has 0 amide bonds. The molecule has 0 spiro atoms. The van der Waals surface area contributed by atoms with Crippen LogP contribution >= 0.6 is 0 Å². The third-order valence-corrected chi connectivity index (χ3v) is 2.71. The Morgan fingerprint density at radius 1 is 1.43 bits per heavy atom. The van der Waals surface area contributed by atoms with Gasteiger partial charge in [0.25, 0.3) is 0 Å². The first kappa shape index (κ1) is 9.50. The Bertz CT molecular complexity index is 334. The smallest absolute Gasteiger partial charge is 0.166 e. The Labute approximate surface area is 84.6 Å². The van der Waals surface area contributed by atoms with Crippen LogP contribution in [0, 0.1) is 5.92 Å². The van der Waals surface area contributed by atoms with Crippen LogP contribution in [0.1, 0.15) is 33.6 Å². The van der Waals surface area contributed by atoms with Gasteiger partial charge in [-0.05, 0) is 31.9 Å². The van der Waals surface area contributed by atoms with Gasteiger partial charge in [-0.3, -0.25) is 4.79 Å². The summed E-state index contributed by atoms with van der Waals surface area (Å²) in [6.07, 6.45) is 5.44. The Kier molecular flexibility index (Phi) is 2.02. The van der Waals surface area contributed by atoms with Crippen molar-refractivity contribution in [2.45, 2.75) is 39.2 Å². The quantitative estimate of drug-likeness (QED) is 0.589. The third kappa shape index (κ3) is 1.61. The summed E-state index contributed by atoms with van der Waals surface area (Å²) in [5.41, 5.74) is 0.540. The third-order valence-electron chi connectivity index (χ3n) is 2.71. The van der Waals surface area contributed by atoms with E-state index in [1.165, 1.54) is 0 Å². The molecule has 14 heavy (non-hydrogen) atoms. The van der Waals surface area contributed by atoms with E-state index in [0.29, 0.717) is 12.3 Å². The number of ketones is 1. The lowest BCUT2D eigenvalue weighted by Gasteiger charge is -2.33. The van der Waals surface area contributed by atoms with E-state index in [2.05, 4.69) is 6.92 Å². The average Bonchev–Trinajstić information content (AvgIpc) is 2.00. The van der Waals surface area contributed by atoms with Gasteiger partial charge < -0.3 is 4.74 Å². The number of Topliss-reactive ketones (excluding diaryl/α,β-unsaturated/α-hetero) is 1. The van der Waals surface area contributed by atoms with Crippen molar-refractivity contribution in [1.29, 1.82) is 0 Å². The molecular formula is C12H16O2. The molecule has 0 bridgehead atoms. The lowest BCUT2D eigenvalue weighted by atomic mass is 9.86. The van der Waals surface area contributed by atoms with Crippen LogP contribution < -0.4 is 0 Å². The molecule has 1 atom stereocenters. The summed E-state index contributed by atoms with van der Waals surface area (Å²) in [6, 6.07) is 0. The van der Waals surface area contributed by atoms with E-state index in [1.807, 2.05) is 26.0 Å². The molecule has 1 aliphatic carbocycles. The normalized spacial score (nSPS) is 29.9. The molecule has 2 aliphatic rings. The Balaban J connectivity index is 2.33. The fourth-order valence-corrected chi connectivity index (χ4v) is 2.00. The van der Waals surface area contributed by atoms with Gasteiger partial charge in [-0.15, -0.1) is 0 Å². The zero-order valence-electron chi connectivity index (χ0n) is 8.96. The van der Waals surface area contributed by atoms with Crippen molar-refractivity contribution in [2.75, 3.05) is 0 Å². The van der Waals surface area contributed by atoms with Crippen molar-refractivity contribution in [3.8, 4) is 0 Å². The minimum absolute atomic E-state index is 0.227. The maximum absolute atomic E-state index is 11.7. The van der Waals surface area contributed by atoms with Crippen LogP contribution in [0.2, 0.25) is 0 Å². The van der Waals surface area contributed by atoms with Gasteiger partial charge in [-0.1, -0.05) is 6.92 Å². The van der Waals surface area contributed by atoms with Crippen molar-refractivity contribution in [1.82, 2.24) is 0 Å². The van der Waals surface area contributed by atoms with Gasteiger partial charge in [0.05, 0.1) is 5.57 Å². The molecule has 0 saturated carbocycles. The monoisotopic (exact) mass is 192 g/mol. The first-order chi connectivity index (χ1) is 6.48. The number of carbonyl (C=O) groups excluding carboxylic acids is 1. The van der Waals surface area contributed by atoms with Gasteiger partial charge in [0.15, 0.2) is 5.78 Å². The largest absolute Gasteiger partial charge is 0.487 e. The van der Waals surface area contributed by atoms with E-state index in [9.17, 15) is 4.79 Å². The van der Waals surface area contributed by atoms with Crippen LogP contribution in [0.25, 0.3) is 0 Å². The van der Waals surface area contributed by atoms with Crippen molar-refractivity contribution in [3.63, 3.8) is 0 Å². The van der Waals surface area contributed by atoms with Crippen molar-refractivity contribution >= 4 is 5.78 Å². The maximum Gasteiger partial charge on any atom is 0.166 e. The van der Waals surface area contributed by atoms with Crippen molar-refractivity contribution in [2.24, 2.45) is 5.92 Å². The van der Waals surface area contributed by atoms with E-state index in [1.54, 1.807) is 0 Å². The van der Waals surface area contributed by atoms with Crippen LogP contribution in [-0.4, -0.2) is 11.4 Å². The summed E-state index contributed by atoms with van der Waals surface area (Å²) in [4.78, 5) is 11.7. The molecule has 0 aromatic carbocycles. The number of ether oxygens (including phenoxy) is 1. The van der Waals surface area contributed by atoms with E-state index in [0.717, 1.165) is 17.8 Å². The topological polar surface area (TPSA) is 26.3 Å². The zero-order valence-corrected chi connectivity index (χ0v) is 8.96. The van der Waals surface area contributed by atoms with Gasteiger partial charge in [0.2, 0.25) is 0 Å². The molecule has 2 heteroatoms. The fraction of sp³-hybridized carbons (Fsp3) is 0.583. The number of hydrogen-bond acceptors (Lipinski definition) is 2. The fourth-order valence-electron chi connectivity index (χ4n) is 2.00. The van der Waals surface area contributed by atoms with Crippen LogP contribution in [0.3, 0.4) is 0 Å². The van der Waals surface area contributed by atoms with Crippen LogP contribution in [0.5, 0.6) is 0 Å². The highest BCUT2D eigenvalue weighted by molar-refractivity contribution is 5.99. The second kappa shape index (κ2) is 2.97. The van der Waals surface area contributed by atoms with Gasteiger partial charge in [-0.2, -0.15) is 0 Å². The Hall–Kier alpha value is -1.05. The Morgan fingerprint density at radius 2 is 2.14 bits per heavy atom. The molecule has 76 valence electrons. The van der Waals surface area contributed by atoms with Crippen LogP contribution in [-0.2, 0) is 9.53 Å². The second-order valence-electron chi connectivity index (χ2n) is 4.81. The Morgan fingerprint density at radius 3 is 2.86 bits per heavy atom. The summed E-state index contributed by atoms with van der Waals surface area (Å²) in [5, 5.41) is 0. The van der Waals surface area contributed by atoms with Crippen molar-refractivity contribution in [3.05, 3.63) is 23.5 Å². The van der Waals surface area contributed by atoms with Gasteiger partial charge in [-0.25, -0.2) is 0 Å². The molecule has 0 N–H and O–H groups in total. The molecule has 0 radical (unpaired) electrons. The molecule has 1 heterocycles. The number of rotatable bonds is 0. The zero-order chi connectivity index (χ0) is 10.3. The highest BCUT2D eigenvalue weighted by atomic mass is 16.5. The molecule has 1 aliphatic heterocycles. The minimum Gasteiger partial charge on any atom is -0.487 e. The highest BCUT2D eigenvalue weighted by Crippen LogP contribution is 2.34. The second-order valence-corrected chi connectivity index (χ2v) is 4.81.